The summed E-state index contributed by atoms with van der Waals surface area (Å²) in [6, 6.07) is 8.34. The van der Waals surface area contributed by atoms with Gasteiger partial charge in [0.25, 0.3) is 0 Å². The van der Waals surface area contributed by atoms with Gasteiger partial charge in [-0.05, 0) is 58.6 Å². The zero-order chi connectivity index (χ0) is 21.6. The highest BCUT2D eigenvalue weighted by molar-refractivity contribution is 9.10. The number of nitrogens with one attached hydrogen (secondary N) is 1. The van der Waals surface area contributed by atoms with Gasteiger partial charge in [0.2, 0.25) is 0 Å². The summed E-state index contributed by atoms with van der Waals surface area (Å²) in [4.78, 5) is 11.4. The highest BCUT2D eigenvalue weighted by Gasteiger charge is 2.21. The van der Waals surface area contributed by atoms with Crippen LogP contribution in [-0.4, -0.2) is 23.7 Å². The number of halogens is 3. The molecule has 2 aromatic carbocycles. The smallest absolute Gasteiger partial charge is 0.320 e. The molecule has 2 N–H and O–H groups in total. The molecule has 5 nitrogen and oxygen atoms in total. The number of rotatable bonds is 10. The lowest BCUT2D eigenvalue weighted by molar-refractivity contribution is -0.140. The van der Waals surface area contributed by atoms with E-state index in [0.29, 0.717) is 39.2 Å². The Kier molecular flexibility index (Phi) is 9.08. The number of aliphatic carboxylic acids is 1. The van der Waals surface area contributed by atoms with Gasteiger partial charge in [0, 0.05) is 22.2 Å². The van der Waals surface area contributed by atoms with Gasteiger partial charge in [-0.15, -0.1) is 0 Å². The minimum atomic E-state index is -0.871. The quantitative estimate of drug-likeness (QED) is 0.419. The number of benzene rings is 2. The average Bonchev–Trinajstić information content (AvgIpc) is 2.62. The molecule has 29 heavy (non-hydrogen) atoms. The molecule has 0 aliphatic carbocycles. The maximum atomic E-state index is 11.4. The summed E-state index contributed by atoms with van der Waals surface area (Å²) < 4.78 is 12.4. The molecule has 0 aliphatic heterocycles. The van der Waals surface area contributed by atoms with Crippen LogP contribution in [0.25, 0.3) is 0 Å². The van der Waals surface area contributed by atoms with Crippen molar-refractivity contribution in [3.63, 3.8) is 0 Å². The first-order chi connectivity index (χ1) is 13.7. The Balaban J connectivity index is 2.19. The fourth-order valence-electron chi connectivity index (χ4n) is 2.75. The van der Waals surface area contributed by atoms with E-state index in [1.54, 1.807) is 12.1 Å². The van der Waals surface area contributed by atoms with Crippen LogP contribution in [0, 0.1) is 5.92 Å². The molecule has 0 aromatic heterocycles. The monoisotopic (exact) mass is 503 g/mol. The molecule has 8 heteroatoms. The molecule has 0 radical (unpaired) electrons. The fraction of sp³-hybridized carbons (Fsp3) is 0.381. The Hall–Kier alpha value is -1.47. The Morgan fingerprint density at radius 2 is 1.93 bits per heavy atom. The molecule has 0 amide bonds. The molecule has 2 rings (SSSR count). The van der Waals surface area contributed by atoms with Gasteiger partial charge in [0.05, 0.1) is 11.1 Å². The van der Waals surface area contributed by atoms with Crippen LogP contribution in [0.2, 0.25) is 10.0 Å². The normalized spacial score (nSPS) is 12.1. The van der Waals surface area contributed by atoms with E-state index in [2.05, 4.69) is 21.2 Å². The minimum absolute atomic E-state index is 0.0333. The van der Waals surface area contributed by atoms with E-state index in [1.807, 2.05) is 39.0 Å². The largest absolute Gasteiger partial charge is 0.490 e. The van der Waals surface area contributed by atoms with Crippen molar-refractivity contribution >= 4 is 45.1 Å². The van der Waals surface area contributed by atoms with Crippen molar-refractivity contribution in [1.82, 2.24) is 5.32 Å². The van der Waals surface area contributed by atoms with Crippen molar-refractivity contribution < 1.29 is 19.4 Å². The van der Waals surface area contributed by atoms with E-state index in [0.717, 1.165) is 11.1 Å². The van der Waals surface area contributed by atoms with Crippen molar-refractivity contribution in [2.75, 3.05) is 6.61 Å². The molecule has 158 valence electrons. The molecule has 0 fully saturated rings. The second-order valence-electron chi connectivity index (χ2n) is 6.80. The molecule has 1 atom stereocenters. The van der Waals surface area contributed by atoms with Crippen molar-refractivity contribution in [3.8, 4) is 11.5 Å². The summed E-state index contributed by atoms with van der Waals surface area (Å²) in [5.41, 5.74) is 1.68. The second-order valence-corrected chi connectivity index (χ2v) is 8.50. The lowest BCUT2D eigenvalue weighted by Gasteiger charge is -2.19. The Morgan fingerprint density at radius 1 is 1.21 bits per heavy atom. The van der Waals surface area contributed by atoms with Crippen LogP contribution in [0.4, 0.5) is 0 Å². The summed E-state index contributed by atoms with van der Waals surface area (Å²) >= 11 is 15.7. The van der Waals surface area contributed by atoms with Crippen LogP contribution < -0.4 is 14.8 Å². The van der Waals surface area contributed by atoms with E-state index in [9.17, 15) is 9.90 Å². The van der Waals surface area contributed by atoms with Crippen molar-refractivity contribution in [1.29, 1.82) is 0 Å². The number of ether oxygens (including phenoxy) is 2. The van der Waals surface area contributed by atoms with Crippen molar-refractivity contribution in [2.45, 2.75) is 40.0 Å². The molecule has 0 spiro atoms. The SMILES string of the molecule is CCOc1cc(CNC(C(=O)O)C(C)C)cc(Br)c1OCc1ccc(Cl)cc1Cl. The van der Waals surface area contributed by atoms with Gasteiger partial charge in [-0.2, -0.15) is 0 Å². The molecule has 2 aromatic rings. The van der Waals surface area contributed by atoms with Gasteiger partial charge in [0.15, 0.2) is 11.5 Å². The lowest BCUT2D eigenvalue weighted by atomic mass is 10.0. The van der Waals surface area contributed by atoms with E-state index < -0.39 is 12.0 Å². The summed E-state index contributed by atoms with van der Waals surface area (Å²) in [5.74, 6) is 0.221. The summed E-state index contributed by atoms with van der Waals surface area (Å²) in [6.07, 6.45) is 0. The standard InChI is InChI=1S/C21H24BrCl2NO4/c1-4-28-18-8-13(10-25-19(12(2)3)21(26)27)7-16(22)20(18)29-11-14-5-6-15(23)9-17(14)24/h5-9,12,19,25H,4,10-11H2,1-3H3,(H,26,27). The molecule has 0 heterocycles. The van der Waals surface area contributed by atoms with Crippen LogP contribution in [0.1, 0.15) is 31.9 Å². The Bertz CT molecular complexity index is 861. The molecular formula is C21H24BrCl2NO4. The summed E-state index contributed by atoms with van der Waals surface area (Å²) in [7, 11) is 0. The van der Waals surface area contributed by atoms with Gasteiger partial charge < -0.3 is 19.9 Å². The van der Waals surface area contributed by atoms with Gasteiger partial charge in [-0.1, -0.05) is 43.1 Å². The highest BCUT2D eigenvalue weighted by Crippen LogP contribution is 2.38. The summed E-state index contributed by atoms with van der Waals surface area (Å²) in [5, 5.41) is 13.5. The zero-order valence-electron chi connectivity index (χ0n) is 16.5. The third-order valence-corrected chi connectivity index (χ3v) is 5.39. The molecule has 0 bridgehead atoms. The first-order valence-electron chi connectivity index (χ1n) is 9.21. The molecule has 0 aliphatic rings. The highest BCUT2D eigenvalue weighted by atomic mass is 79.9. The topological polar surface area (TPSA) is 67.8 Å². The molecule has 0 saturated heterocycles. The number of carboxylic acid groups (broad SMARTS) is 1. The van der Waals surface area contributed by atoms with Crippen LogP contribution in [-0.2, 0) is 17.9 Å². The van der Waals surface area contributed by atoms with Gasteiger partial charge in [0.1, 0.15) is 12.6 Å². The number of hydrogen-bond donors (Lipinski definition) is 2. The predicted octanol–water partition coefficient (Wildman–Crippen LogP) is 5.93. The van der Waals surface area contributed by atoms with Crippen LogP contribution in [0.5, 0.6) is 11.5 Å². The van der Waals surface area contributed by atoms with E-state index >= 15 is 0 Å². The first kappa shape index (κ1) is 23.8. The van der Waals surface area contributed by atoms with Crippen molar-refractivity contribution in [3.05, 3.63) is 56.0 Å². The Labute approximate surface area is 189 Å². The summed E-state index contributed by atoms with van der Waals surface area (Å²) in [6.45, 7) is 6.72. The maximum absolute atomic E-state index is 11.4. The van der Waals surface area contributed by atoms with Crippen LogP contribution in [0.15, 0.2) is 34.8 Å². The fourth-order valence-corrected chi connectivity index (χ4v) is 3.82. The molecular weight excluding hydrogens is 481 g/mol. The van der Waals surface area contributed by atoms with E-state index in [-0.39, 0.29) is 12.5 Å². The predicted molar refractivity (Wildman–Crippen MR) is 119 cm³/mol. The van der Waals surface area contributed by atoms with Gasteiger partial charge >= 0.3 is 5.97 Å². The van der Waals surface area contributed by atoms with Gasteiger partial charge in [-0.25, -0.2) is 0 Å². The third-order valence-electron chi connectivity index (χ3n) is 4.22. The number of carbonyl (C=O) groups is 1. The van der Waals surface area contributed by atoms with Gasteiger partial charge in [-0.3, -0.25) is 4.79 Å². The maximum Gasteiger partial charge on any atom is 0.320 e. The van der Waals surface area contributed by atoms with Crippen LogP contribution in [0.3, 0.4) is 0 Å². The Morgan fingerprint density at radius 3 is 2.52 bits per heavy atom. The van der Waals surface area contributed by atoms with Crippen LogP contribution >= 0.6 is 39.1 Å². The molecule has 1 unspecified atom stereocenters. The van der Waals surface area contributed by atoms with Crippen molar-refractivity contribution in [2.24, 2.45) is 5.92 Å². The zero-order valence-corrected chi connectivity index (χ0v) is 19.6. The average molecular weight is 505 g/mol. The minimum Gasteiger partial charge on any atom is -0.490 e. The van der Waals surface area contributed by atoms with E-state index in [1.165, 1.54) is 0 Å². The van der Waals surface area contributed by atoms with E-state index in [4.69, 9.17) is 32.7 Å². The lowest BCUT2D eigenvalue weighted by Crippen LogP contribution is -2.40. The second kappa shape index (κ2) is 11.1. The third kappa shape index (κ3) is 6.78. The molecule has 0 saturated carbocycles. The first-order valence-corrected chi connectivity index (χ1v) is 10.8. The number of carboxylic acids is 1. The number of hydrogen-bond acceptors (Lipinski definition) is 4.